The Balaban J connectivity index is 0.00000280. The van der Waals surface area contributed by atoms with Crippen LogP contribution in [0.2, 0.25) is 0 Å². The van der Waals surface area contributed by atoms with Gasteiger partial charge in [0.05, 0.1) is 5.69 Å². The third kappa shape index (κ3) is 3.76. The van der Waals surface area contributed by atoms with E-state index >= 15 is 0 Å². The number of halogens is 1. The molecule has 0 saturated carbocycles. The van der Waals surface area contributed by atoms with Crippen molar-refractivity contribution in [3.05, 3.63) is 51.4 Å². The van der Waals surface area contributed by atoms with Crippen LogP contribution in [0, 0.1) is 6.92 Å². The predicted octanol–water partition coefficient (Wildman–Crippen LogP) is 3.17. The second-order valence-electron chi connectivity index (χ2n) is 6.99. The van der Waals surface area contributed by atoms with E-state index in [9.17, 15) is 14.7 Å². The lowest BCUT2D eigenvalue weighted by Gasteiger charge is -2.10. The summed E-state index contributed by atoms with van der Waals surface area (Å²) in [5.41, 5.74) is 2.16. The van der Waals surface area contributed by atoms with E-state index < -0.39 is 22.8 Å². The molecule has 28 heavy (non-hydrogen) atoms. The summed E-state index contributed by atoms with van der Waals surface area (Å²) in [5.74, 6) is -1.96. The molecule has 1 aromatic carbocycles. The summed E-state index contributed by atoms with van der Waals surface area (Å²) >= 11 is 0. The van der Waals surface area contributed by atoms with Crippen LogP contribution in [0.25, 0.3) is 22.2 Å². The number of rotatable bonds is 5. The standard InChI is InChI=1S/C20H23N3O4.ClH/c1-10(2)21-9-14-8-13-7-12(5-6-15(13)23(14)4)17-11(3)18(24)16(20(26)27)19(25)22-17;/h5-8,10,21H,9H2,1-4H3,(H,26,27)(H2,22,24,25);1H. The van der Waals surface area contributed by atoms with Crippen molar-refractivity contribution in [3.8, 4) is 17.0 Å². The molecule has 7 nitrogen and oxygen atoms in total. The Labute approximate surface area is 168 Å². The molecule has 0 amide bonds. The Hall–Kier alpha value is -2.77. The Bertz CT molecular complexity index is 1100. The summed E-state index contributed by atoms with van der Waals surface area (Å²) in [6.07, 6.45) is 0. The quantitative estimate of drug-likeness (QED) is 0.521. The van der Waals surface area contributed by atoms with E-state index in [1.165, 1.54) is 0 Å². The van der Waals surface area contributed by atoms with E-state index in [-0.39, 0.29) is 12.4 Å². The molecule has 3 aromatic rings. The molecule has 0 radical (unpaired) electrons. The van der Waals surface area contributed by atoms with Crippen LogP contribution in [0.5, 0.6) is 5.75 Å². The van der Waals surface area contributed by atoms with Gasteiger partial charge in [-0.1, -0.05) is 19.9 Å². The summed E-state index contributed by atoms with van der Waals surface area (Å²) < 4.78 is 2.11. The molecular formula is C20H24ClN3O4. The zero-order valence-electron chi connectivity index (χ0n) is 16.2. The summed E-state index contributed by atoms with van der Waals surface area (Å²) in [6.45, 7) is 6.50. The number of hydrogen-bond donors (Lipinski definition) is 4. The van der Waals surface area contributed by atoms with Gasteiger partial charge in [-0.25, -0.2) is 4.79 Å². The molecule has 0 spiro atoms. The van der Waals surface area contributed by atoms with E-state index in [2.05, 4.69) is 34.8 Å². The first-order valence-corrected chi connectivity index (χ1v) is 8.72. The molecule has 0 atom stereocenters. The fraction of sp³-hybridized carbons (Fsp3) is 0.300. The van der Waals surface area contributed by atoms with Gasteiger partial charge < -0.3 is 25.1 Å². The highest BCUT2D eigenvalue weighted by Crippen LogP contribution is 2.31. The lowest BCUT2D eigenvalue weighted by Crippen LogP contribution is -2.22. The first-order valence-electron chi connectivity index (χ1n) is 8.72. The van der Waals surface area contributed by atoms with Crippen LogP contribution in [0.1, 0.15) is 35.5 Å². The topological polar surface area (TPSA) is 107 Å². The number of aromatic nitrogens is 2. The normalized spacial score (nSPS) is 11.0. The van der Waals surface area contributed by atoms with E-state index in [0.29, 0.717) is 22.9 Å². The Morgan fingerprint density at radius 2 is 1.96 bits per heavy atom. The van der Waals surface area contributed by atoms with Crippen molar-refractivity contribution in [2.45, 2.75) is 33.4 Å². The minimum absolute atomic E-state index is 0. The van der Waals surface area contributed by atoms with E-state index in [1.54, 1.807) is 6.92 Å². The minimum atomic E-state index is -1.45. The van der Waals surface area contributed by atoms with Crippen molar-refractivity contribution in [1.82, 2.24) is 14.9 Å². The van der Waals surface area contributed by atoms with Crippen molar-refractivity contribution in [3.63, 3.8) is 0 Å². The minimum Gasteiger partial charge on any atom is -0.506 e. The van der Waals surface area contributed by atoms with Crippen molar-refractivity contribution in [1.29, 1.82) is 0 Å². The molecule has 8 heteroatoms. The van der Waals surface area contributed by atoms with Gasteiger partial charge in [0.25, 0.3) is 5.56 Å². The molecule has 0 aliphatic rings. The molecular weight excluding hydrogens is 382 g/mol. The Morgan fingerprint density at radius 1 is 1.29 bits per heavy atom. The lowest BCUT2D eigenvalue weighted by molar-refractivity contribution is 0.0691. The van der Waals surface area contributed by atoms with Crippen LogP contribution in [0.15, 0.2) is 29.1 Å². The molecule has 150 valence electrons. The van der Waals surface area contributed by atoms with Gasteiger partial charge in [-0.2, -0.15) is 0 Å². The fourth-order valence-electron chi connectivity index (χ4n) is 3.21. The van der Waals surface area contributed by atoms with Gasteiger partial charge in [0.2, 0.25) is 0 Å². The number of benzene rings is 1. The van der Waals surface area contributed by atoms with Gasteiger partial charge in [-0.15, -0.1) is 12.4 Å². The van der Waals surface area contributed by atoms with E-state index in [1.807, 2.05) is 25.2 Å². The van der Waals surface area contributed by atoms with Crippen molar-refractivity contribution >= 4 is 29.3 Å². The Kier molecular flexibility index (Phi) is 6.21. The zero-order valence-corrected chi connectivity index (χ0v) is 17.0. The second kappa shape index (κ2) is 8.08. The summed E-state index contributed by atoms with van der Waals surface area (Å²) in [5, 5.41) is 23.7. The first-order chi connectivity index (χ1) is 12.7. The molecule has 3 rings (SSSR count). The number of hydrogen-bond acceptors (Lipinski definition) is 4. The average Bonchev–Trinajstić information content (AvgIpc) is 2.91. The van der Waals surface area contributed by atoms with Crippen molar-refractivity contribution in [2.75, 3.05) is 0 Å². The molecule has 0 fully saturated rings. The van der Waals surface area contributed by atoms with Gasteiger partial charge in [0.1, 0.15) is 5.75 Å². The number of carboxylic acid groups (broad SMARTS) is 1. The maximum Gasteiger partial charge on any atom is 0.345 e. The molecule has 0 aliphatic heterocycles. The smallest absolute Gasteiger partial charge is 0.345 e. The van der Waals surface area contributed by atoms with Crippen LogP contribution in [0.4, 0.5) is 0 Å². The number of fused-ring (bicyclic) bond motifs is 1. The van der Waals surface area contributed by atoms with E-state index in [4.69, 9.17) is 5.11 Å². The third-order valence-electron chi connectivity index (χ3n) is 4.77. The maximum absolute atomic E-state index is 12.1. The van der Waals surface area contributed by atoms with E-state index in [0.717, 1.165) is 23.1 Å². The molecule has 2 aromatic heterocycles. The Morgan fingerprint density at radius 3 is 2.57 bits per heavy atom. The molecule has 0 bridgehead atoms. The monoisotopic (exact) mass is 405 g/mol. The van der Waals surface area contributed by atoms with Crippen LogP contribution >= 0.6 is 12.4 Å². The number of pyridine rings is 1. The first kappa shape index (κ1) is 21.5. The largest absolute Gasteiger partial charge is 0.506 e. The van der Waals surface area contributed by atoms with Crippen molar-refractivity contribution < 1.29 is 15.0 Å². The number of H-pyrrole nitrogens is 1. The number of aromatic carboxylic acids is 1. The highest BCUT2D eigenvalue weighted by Gasteiger charge is 2.20. The molecule has 0 aliphatic carbocycles. The predicted molar refractivity (Wildman–Crippen MR) is 112 cm³/mol. The number of nitrogens with zero attached hydrogens (tertiary/aromatic N) is 1. The number of aryl methyl sites for hydroxylation is 1. The second-order valence-corrected chi connectivity index (χ2v) is 6.99. The molecule has 0 unspecified atom stereocenters. The zero-order chi connectivity index (χ0) is 19.9. The summed E-state index contributed by atoms with van der Waals surface area (Å²) in [6, 6.07) is 8.17. The highest BCUT2D eigenvalue weighted by molar-refractivity contribution is 5.92. The number of aromatic amines is 1. The van der Waals surface area contributed by atoms with Gasteiger partial charge in [-0.3, -0.25) is 4.79 Å². The lowest BCUT2D eigenvalue weighted by atomic mass is 10.0. The van der Waals surface area contributed by atoms with Gasteiger partial charge in [0, 0.05) is 41.8 Å². The fourth-order valence-corrected chi connectivity index (χ4v) is 3.21. The van der Waals surface area contributed by atoms with Crippen molar-refractivity contribution in [2.24, 2.45) is 7.05 Å². The number of aromatic hydroxyl groups is 1. The number of nitrogens with one attached hydrogen (secondary N) is 2. The van der Waals surface area contributed by atoms with Crippen LogP contribution in [0.3, 0.4) is 0 Å². The molecule has 2 heterocycles. The average molecular weight is 406 g/mol. The summed E-state index contributed by atoms with van der Waals surface area (Å²) in [4.78, 5) is 25.9. The highest BCUT2D eigenvalue weighted by atomic mass is 35.5. The number of carbonyl (C=O) groups is 1. The number of carboxylic acids is 1. The van der Waals surface area contributed by atoms with Crippen LogP contribution in [-0.2, 0) is 13.6 Å². The summed E-state index contributed by atoms with van der Waals surface area (Å²) in [7, 11) is 2.00. The molecule has 0 saturated heterocycles. The van der Waals surface area contributed by atoms with Gasteiger partial charge in [-0.05, 0) is 30.7 Å². The van der Waals surface area contributed by atoms with Gasteiger partial charge >= 0.3 is 5.97 Å². The van der Waals surface area contributed by atoms with Crippen LogP contribution in [-0.4, -0.2) is 31.8 Å². The van der Waals surface area contributed by atoms with Crippen LogP contribution < -0.4 is 10.9 Å². The van der Waals surface area contributed by atoms with Gasteiger partial charge in [0.15, 0.2) is 5.56 Å². The maximum atomic E-state index is 12.1. The third-order valence-corrected chi connectivity index (χ3v) is 4.77. The molecule has 4 N–H and O–H groups in total. The SMILES string of the molecule is Cc1c(-c2ccc3c(c2)cc(CNC(C)C)n3C)[nH]c(=O)c(C(=O)O)c1O.Cl.